The monoisotopic (exact) mass is 361 g/mol. The van der Waals surface area contributed by atoms with Crippen LogP contribution in [0.5, 0.6) is 5.75 Å². The van der Waals surface area contributed by atoms with Gasteiger partial charge >= 0.3 is 5.97 Å². The minimum atomic E-state index is -0.943. The summed E-state index contributed by atoms with van der Waals surface area (Å²) in [5.74, 6) is -0.175. The molecule has 0 aliphatic carbocycles. The second kappa shape index (κ2) is 7.66. The van der Waals surface area contributed by atoms with Crippen LogP contribution >= 0.6 is 15.9 Å². The molecule has 0 aliphatic rings. The molecule has 4 nitrogen and oxygen atoms in total. The van der Waals surface area contributed by atoms with Crippen LogP contribution in [-0.2, 0) is 6.54 Å². The maximum absolute atomic E-state index is 11.0. The summed E-state index contributed by atoms with van der Waals surface area (Å²) in [6, 6.07) is 12.5. The largest absolute Gasteiger partial charge is 0.489 e. The highest BCUT2D eigenvalue weighted by Gasteiger charge is 2.06. The van der Waals surface area contributed by atoms with Crippen molar-refractivity contribution in [2.75, 3.05) is 11.9 Å². The number of carboxylic acids is 1. The van der Waals surface area contributed by atoms with Gasteiger partial charge in [0.25, 0.3) is 0 Å². The Bertz CT molecular complexity index is 685. The number of carboxylic acid groups (broad SMARTS) is 1. The predicted molar refractivity (Wildman–Crippen MR) is 90.6 cm³/mol. The lowest BCUT2D eigenvalue weighted by Crippen LogP contribution is -2.04. The van der Waals surface area contributed by atoms with Crippen molar-refractivity contribution in [2.45, 2.75) is 6.54 Å². The molecule has 0 aliphatic heterocycles. The summed E-state index contributed by atoms with van der Waals surface area (Å²) in [5.41, 5.74) is 1.97. The molecule has 0 bridgehead atoms. The quantitative estimate of drug-likeness (QED) is 0.720. The zero-order chi connectivity index (χ0) is 15.9. The Hall–Kier alpha value is -2.27. The molecule has 2 rings (SSSR count). The predicted octanol–water partition coefficient (Wildman–Crippen LogP) is 4.32. The lowest BCUT2D eigenvalue weighted by molar-refractivity contribution is 0.0697. The van der Waals surface area contributed by atoms with E-state index in [2.05, 4.69) is 27.8 Å². The maximum atomic E-state index is 11.0. The van der Waals surface area contributed by atoms with E-state index < -0.39 is 5.97 Å². The first-order chi connectivity index (χ1) is 10.6. The van der Waals surface area contributed by atoms with E-state index in [1.165, 1.54) is 0 Å². The number of rotatable bonds is 7. The SMILES string of the molecule is C=CCOc1ccc(Br)cc1CNc1cccc(C(=O)O)c1. The van der Waals surface area contributed by atoms with Gasteiger partial charge in [-0.05, 0) is 36.4 Å². The van der Waals surface area contributed by atoms with E-state index in [-0.39, 0.29) is 5.56 Å². The van der Waals surface area contributed by atoms with Crippen molar-refractivity contribution in [3.8, 4) is 5.75 Å². The van der Waals surface area contributed by atoms with Crippen LogP contribution in [0.1, 0.15) is 15.9 Å². The number of carbonyl (C=O) groups is 1. The van der Waals surface area contributed by atoms with Gasteiger partial charge in [-0.3, -0.25) is 0 Å². The molecule has 0 saturated carbocycles. The Morgan fingerprint density at radius 1 is 1.32 bits per heavy atom. The second-order valence-electron chi connectivity index (χ2n) is 4.59. The molecule has 2 N–H and O–H groups in total. The average Bonchev–Trinajstić information content (AvgIpc) is 2.52. The minimum Gasteiger partial charge on any atom is -0.489 e. The Morgan fingerprint density at radius 3 is 2.86 bits per heavy atom. The number of halogens is 1. The summed E-state index contributed by atoms with van der Waals surface area (Å²) in [6.45, 7) is 4.59. The standard InChI is InChI=1S/C17H16BrNO3/c1-2-8-22-16-7-6-14(18)9-13(16)11-19-15-5-3-4-12(10-15)17(20)21/h2-7,9-10,19H,1,8,11H2,(H,20,21). The topological polar surface area (TPSA) is 58.6 Å². The summed E-state index contributed by atoms with van der Waals surface area (Å²) in [5, 5.41) is 12.2. The van der Waals surface area contributed by atoms with Gasteiger partial charge in [-0.25, -0.2) is 4.79 Å². The molecule has 0 heterocycles. The number of ether oxygens (including phenoxy) is 1. The molecule has 0 amide bonds. The Labute approximate surface area is 137 Å². The van der Waals surface area contributed by atoms with Crippen molar-refractivity contribution in [3.63, 3.8) is 0 Å². The summed E-state index contributed by atoms with van der Waals surface area (Å²) < 4.78 is 6.57. The van der Waals surface area contributed by atoms with Gasteiger partial charge in [-0.2, -0.15) is 0 Å². The highest BCUT2D eigenvalue weighted by Crippen LogP contribution is 2.24. The van der Waals surface area contributed by atoms with Crippen molar-refractivity contribution in [1.82, 2.24) is 0 Å². The molecule has 0 atom stereocenters. The number of hydrogen-bond donors (Lipinski definition) is 2. The molecule has 0 aromatic heterocycles. The average molecular weight is 362 g/mol. The van der Waals surface area contributed by atoms with E-state index in [9.17, 15) is 4.79 Å². The third-order valence-electron chi connectivity index (χ3n) is 2.97. The lowest BCUT2D eigenvalue weighted by Gasteiger charge is -2.13. The molecule has 0 radical (unpaired) electrons. The van der Waals surface area contributed by atoms with Gasteiger partial charge in [0.05, 0.1) is 5.56 Å². The summed E-state index contributed by atoms with van der Waals surface area (Å²) in [6.07, 6.45) is 1.69. The first-order valence-electron chi connectivity index (χ1n) is 6.69. The third kappa shape index (κ3) is 4.36. The highest BCUT2D eigenvalue weighted by molar-refractivity contribution is 9.10. The fraction of sp³-hybridized carbons (Fsp3) is 0.118. The summed E-state index contributed by atoms with van der Waals surface area (Å²) in [7, 11) is 0. The lowest BCUT2D eigenvalue weighted by atomic mass is 10.1. The molecule has 0 fully saturated rings. The third-order valence-corrected chi connectivity index (χ3v) is 3.46. The normalized spacial score (nSPS) is 10.0. The van der Waals surface area contributed by atoms with Crippen LogP contribution in [0, 0.1) is 0 Å². The van der Waals surface area contributed by atoms with Crippen molar-refractivity contribution >= 4 is 27.6 Å². The van der Waals surface area contributed by atoms with Crippen LogP contribution in [0.2, 0.25) is 0 Å². The summed E-state index contributed by atoms with van der Waals surface area (Å²) in [4.78, 5) is 11.0. The Morgan fingerprint density at radius 2 is 2.14 bits per heavy atom. The minimum absolute atomic E-state index is 0.252. The number of anilines is 1. The smallest absolute Gasteiger partial charge is 0.335 e. The number of hydrogen-bond acceptors (Lipinski definition) is 3. The second-order valence-corrected chi connectivity index (χ2v) is 5.51. The van der Waals surface area contributed by atoms with Gasteiger partial charge in [0.1, 0.15) is 12.4 Å². The first-order valence-corrected chi connectivity index (χ1v) is 7.49. The fourth-order valence-electron chi connectivity index (χ4n) is 1.94. The van der Waals surface area contributed by atoms with Gasteiger partial charge in [0.2, 0.25) is 0 Å². The van der Waals surface area contributed by atoms with Crippen molar-refractivity contribution in [2.24, 2.45) is 0 Å². The van der Waals surface area contributed by atoms with Crippen molar-refractivity contribution in [1.29, 1.82) is 0 Å². The van der Waals surface area contributed by atoms with Crippen LogP contribution in [0.4, 0.5) is 5.69 Å². The molecular formula is C17H16BrNO3. The number of nitrogens with one attached hydrogen (secondary N) is 1. The highest BCUT2D eigenvalue weighted by atomic mass is 79.9. The molecule has 2 aromatic carbocycles. The van der Waals surface area contributed by atoms with Gasteiger partial charge in [0, 0.05) is 22.3 Å². The zero-order valence-corrected chi connectivity index (χ0v) is 13.5. The van der Waals surface area contributed by atoms with E-state index in [0.717, 1.165) is 21.5 Å². The molecule has 114 valence electrons. The van der Waals surface area contributed by atoms with Crippen molar-refractivity contribution < 1.29 is 14.6 Å². The van der Waals surface area contributed by atoms with Crippen LogP contribution in [-0.4, -0.2) is 17.7 Å². The zero-order valence-electron chi connectivity index (χ0n) is 11.9. The summed E-state index contributed by atoms with van der Waals surface area (Å²) >= 11 is 3.44. The number of aromatic carboxylic acids is 1. The Balaban J connectivity index is 2.13. The molecular weight excluding hydrogens is 346 g/mol. The van der Waals surface area contributed by atoms with Gasteiger partial charge in [-0.15, -0.1) is 0 Å². The van der Waals surface area contributed by atoms with E-state index >= 15 is 0 Å². The maximum Gasteiger partial charge on any atom is 0.335 e. The Kier molecular flexibility index (Phi) is 5.61. The van der Waals surface area contributed by atoms with Crippen LogP contribution in [0.3, 0.4) is 0 Å². The van der Waals surface area contributed by atoms with E-state index in [1.54, 1.807) is 24.3 Å². The molecule has 0 unspecified atom stereocenters. The van der Waals surface area contributed by atoms with Gasteiger partial charge in [-0.1, -0.05) is 34.7 Å². The molecule has 5 heteroatoms. The molecule has 0 saturated heterocycles. The van der Waals surface area contributed by atoms with Crippen LogP contribution in [0.25, 0.3) is 0 Å². The van der Waals surface area contributed by atoms with Gasteiger partial charge in [0.15, 0.2) is 0 Å². The van der Waals surface area contributed by atoms with E-state index in [1.807, 2.05) is 24.3 Å². The van der Waals surface area contributed by atoms with Crippen molar-refractivity contribution in [3.05, 3.63) is 70.7 Å². The molecule has 2 aromatic rings. The van der Waals surface area contributed by atoms with E-state index in [0.29, 0.717) is 13.2 Å². The van der Waals surface area contributed by atoms with E-state index in [4.69, 9.17) is 9.84 Å². The van der Waals surface area contributed by atoms with Crippen LogP contribution < -0.4 is 10.1 Å². The van der Waals surface area contributed by atoms with Crippen LogP contribution in [0.15, 0.2) is 59.6 Å². The van der Waals surface area contributed by atoms with Gasteiger partial charge < -0.3 is 15.2 Å². The fourth-order valence-corrected chi connectivity index (χ4v) is 2.34. The number of benzene rings is 2. The molecule has 22 heavy (non-hydrogen) atoms. The molecule has 0 spiro atoms. The first kappa shape index (κ1) is 16.1.